The van der Waals surface area contributed by atoms with Gasteiger partial charge in [-0.25, -0.2) is 0 Å². The van der Waals surface area contributed by atoms with Crippen molar-refractivity contribution >= 4 is 29.1 Å². The molecule has 1 atom stereocenters. The molecular formula is C24H21ClN2O3. The molecule has 0 fully saturated rings. The van der Waals surface area contributed by atoms with E-state index in [1.165, 1.54) is 0 Å². The van der Waals surface area contributed by atoms with Gasteiger partial charge in [-0.15, -0.1) is 0 Å². The Morgan fingerprint density at radius 1 is 1.10 bits per heavy atom. The molecule has 0 aromatic heterocycles. The van der Waals surface area contributed by atoms with Crippen molar-refractivity contribution in [3.8, 4) is 5.75 Å². The van der Waals surface area contributed by atoms with Crippen LogP contribution in [0.1, 0.15) is 22.7 Å². The lowest BCUT2D eigenvalue weighted by Crippen LogP contribution is -2.41. The Morgan fingerprint density at radius 2 is 1.83 bits per heavy atom. The molecule has 0 unspecified atom stereocenters. The summed E-state index contributed by atoms with van der Waals surface area (Å²) in [4.78, 5) is 27.4. The van der Waals surface area contributed by atoms with Gasteiger partial charge < -0.3 is 15.0 Å². The molecule has 1 heterocycles. The number of ether oxygens (including phenoxy) is 1. The van der Waals surface area contributed by atoms with E-state index in [9.17, 15) is 9.59 Å². The smallest absolute Gasteiger partial charge is 0.261 e. The fourth-order valence-corrected chi connectivity index (χ4v) is 3.74. The van der Waals surface area contributed by atoms with Gasteiger partial charge in [-0.2, -0.15) is 0 Å². The number of anilines is 1. The molecule has 0 saturated carbocycles. The summed E-state index contributed by atoms with van der Waals surface area (Å²) in [6.45, 7) is 1.75. The van der Waals surface area contributed by atoms with Crippen molar-refractivity contribution in [3.05, 3.63) is 94.5 Å². The molecule has 6 heteroatoms. The molecule has 5 nitrogen and oxygen atoms in total. The van der Waals surface area contributed by atoms with Gasteiger partial charge >= 0.3 is 0 Å². The molecule has 3 aromatic carbocycles. The zero-order valence-corrected chi connectivity index (χ0v) is 17.2. The van der Waals surface area contributed by atoms with Crippen LogP contribution in [-0.2, 0) is 9.59 Å². The molecule has 4 rings (SSSR count). The van der Waals surface area contributed by atoms with Gasteiger partial charge in [0.15, 0.2) is 6.61 Å². The van der Waals surface area contributed by atoms with Gasteiger partial charge in [0.1, 0.15) is 12.3 Å². The molecule has 1 N–H and O–H groups in total. The molecule has 30 heavy (non-hydrogen) atoms. The van der Waals surface area contributed by atoms with Crippen LogP contribution in [-0.4, -0.2) is 29.9 Å². The van der Waals surface area contributed by atoms with Crippen molar-refractivity contribution in [1.29, 1.82) is 0 Å². The fourth-order valence-electron chi connectivity index (χ4n) is 3.61. The molecule has 1 aliphatic rings. The number of hydrogen-bond donors (Lipinski definition) is 1. The predicted molar refractivity (Wildman–Crippen MR) is 117 cm³/mol. The second kappa shape index (κ2) is 8.59. The number of carbonyl (C=O) groups is 2. The van der Waals surface area contributed by atoms with Crippen molar-refractivity contribution in [2.24, 2.45) is 0 Å². The van der Waals surface area contributed by atoms with Gasteiger partial charge in [0.2, 0.25) is 5.91 Å². The number of carbonyl (C=O) groups excluding carboxylic acids is 2. The SMILES string of the molecule is Cc1ccc2c(c1)[C@@H](c1ccccc1)N(C(=O)COc1ccc(Cl)cc1)CC(=O)N2. The number of rotatable bonds is 4. The minimum atomic E-state index is -0.402. The second-order valence-corrected chi connectivity index (χ2v) is 7.65. The summed E-state index contributed by atoms with van der Waals surface area (Å²) >= 11 is 5.90. The Labute approximate surface area is 180 Å². The van der Waals surface area contributed by atoms with E-state index in [4.69, 9.17) is 16.3 Å². The van der Waals surface area contributed by atoms with Crippen LogP contribution in [0.25, 0.3) is 0 Å². The number of amides is 2. The summed E-state index contributed by atoms with van der Waals surface area (Å²) in [5, 5.41) is 3.52. The number of aryl methyl sites for hydroxylation is 1. The predicted octanol–water partition coefficient (Wildman–Crippen LogP) is 4.60. The van der Waals surface area contributed by atoms with E-state index < -0.39 is 6.04 Å². The third-order valence-electron chi connectivity index (χ3n) is 5.01. The monoisotopic (exact) mass is 420 g/mol. The standard InChI is InChI=1S/C24H21ClN2O3/c1-16-7-12-21-20(13-16)24(17-5-3-2-4-6-17)27(14-22(28)26-21)23(29)15-30-19-10-8-18(25)9-11-19/h2-13,24H,14-15H2,1H3,(H,26,28)/t24-/m1/s1. The number of halogens is 1. The fraction of sp³-hybridized carbons (Fsp3) is 0.167. The average molecular weight is 421 g/mol. The van der Waals surface area contributed by atoms with E-state index >= 15 is 0 Å². The Morgan fingerprint density at radius 3 is 2.57 bits per heavy atom. The third kappa shape index (κ3) is 4.31. The van der Waals surface area contributed by atoms with Crippen LogP contribution in [0.15, 0.2) is 72.8 Å². The van der Waals surface area contributed by atoms with Crippen LogP contribution in [0.2, 0.25) is 5.02 Å². The molecular weight excluding hydrogens is 400 g/mol. The van der Waals surface area contributed by atoms with Crippen molar-refractivity contribution in [2.75, 3.05) is 18.5 Å². The van der Waals surface area contributed by atoms with Gasteiger partial charge in [-0.1, -0.05) is 59.6 Å². The summed E-state index contributed by atoms with van der Waals surface area (Å²) in [5.41, 5.74) is 3.58. The van der Waals surface area contributed by atoms with Crippen molar-refractivity contribution in [1.82, 2.24) is 4.90 Å². The van der Waals surface area contributed by atoms with E-state index in [1.54, 1.807) is 29.2 Å². The van der Waals surface area contributed by atoms with Gasteiger partial charge in [-0.05, 0) is 42.8 Å². The van der Waals surface area contributed by atoms with Crippen LogP contribution in [0.3, 0.4) is 0 Å². The number of nitrogens with zero attached hydrogens (tertiary/aromatic N) is 1. The van der Waals surface area contributed by atoms with Gasteiger partial charge in [-0.3, -0.25) is 9.59 Å². The molecule has 0 aliphatic carbocycles. The van der Waals surface area contributed by atoms with E-state index in [-0.39, 0.29) is 25.0 Å². The highest BCUT2D eigenvalue weighted by Crippen LogP contribution is 2.36. The molecule has 0 saturated heterocycles. The number of fused-ring (bicyclic) bond motifs is 1. The van der Waals surface area contributed by atoms with E-state index in [2.05, 4.69) is 5.32 Å². The van der Waals surface area contributed by atoms with Crippen LogP contribution >= 0.6 is 11.6 Å². The maximum absolute atomic E-state index is 13.2. The van der Waals surface area contributed by atoms with Gasteiger partial charge in [0.05, 0.1) is 6.04 Å². The summed E-state index contributed by atoms with van der Waals surface area (Å²) in [7, 11) is 0. The Kier molecular flexibility index (Phi) is 5.72. The van der Waals surface area contributed by atoms with E-state index in [0.29, 0.717) is 16.5 Å². The van der Waals surface area contributed by atoms with E-state index in [1.807, 2.05) is 55.5 Å². The van der Waals surface area contributed by atoms with Crippen molar-refractivity contribution < 1.29 is 14.3 Å². The first-order valence-electron chi connectivity index (χ1n) is 9.64. The lowest BCUT2D eigenvalue weighted by Gasteiger charge is -2.30. The molecule has 0 radical (unpaired) electrons. The summed E-state index contributed by atoms with van der Waals surface area (Å²) in [5.74, 6) is 0.0289. The lowest BCUT2D eigenvalue weighted by molar-refractivity contribution is -0.138. The summed E-state index contributed by atoms with van der Waals surface area (Å²) in [6, 6.07) is 22.0. The van der Waals surface area contributed by atoms with Crippen LogP contribution in [0, 0.1) is 6.92 Å². The second-order valence-electron chi connectivity index (χ2n) is 7.22. The highest BCUT2D eigenvalue weighted by molar-refractivity contribution is 6.30. The Balaban J connectivity index is 1.69. The number of hydrogen-bond acceptors (Lipinski definition) is 3. The largest absolute Gasteiger partial charge is 0.484 e. The van der Waals surface area contributed by atoms with Gasteiger partial charge in [0, 0.05) is 16.3 Å². The van der Waals surface area contributed by atoms with Crippen LogP contribution < -0.4 is 10.1 Å². The molecule has 1 aliphatic heterocycles. The minimum absolute atomic E-state index is 0.0594. The van der Waals surface area contributed by atoms with Crippen molar-refractivity contribution in [3.63, 3.8) is 0 Å². The number of benzene rings is 3. The Hall–Kier alpha value is -3.31. The first-order chi connectivity index (χ1) is 14.5. The zero-order chi connectivity index (χ0) is 21.1. The highest BCUT2D eigenvalue weighted by Gasteiger charge is 2.33. The van der Waals surface area contributed by atoms with E-state index in [0.717, 1.165) is 16.7 Å². The maximum Gasteiger partial charge on any atom is 0.261 e. The van der Waals surface area contributed by atoms with Crippen LogP contribution in [0.4, 0.5) is 5.69 Å². The average Bonchev–Trinajstić information content (AvgIpc) is 2.89. The molecule has 0 bridgehead atoms. The van der Waals surface area contributed by atoms with Gasteiger partial charge in [0.25, 0.3) is 5.91 Å². The quantitative estimate of drug-likeness (QED) is 0.671. The normalized spacial score (nSPS) is 15.7. The molecule has 152 valence electrons. The molecule has 3 aromatic rings. The molecule has 0 spiro atoms. The topological polar surface area (TPSA) is 58.6 Å². The Bertz CT molecular complexity index is 1070. The summed E-state index contributed by atoms with van der Waals surface area (Å²) in [6.07, 6.45) is 0. The van der Waals surface area contributed by atoms with Crippen LogP contribution in [0.5, 0.6) is 5.75 Å². The number of nitrogens with one attached hydrogen (secondary N) is 1. The highest BCUT2D eigenvalue weighted by atomic mass is 35.5. The first kappa shape index (κ1) is 20.0. The summed E-state index contributed by atoms with van der Waals surface area (Å²) < 4.78 is 5.67. The third-order valence-corrected chi connectivity index (χ3v) is 5.26. The first-order valence-corrected chi connectivity index (χ1v) is 10.0. The van der Waals surface area contributed by atoms with Crippen molar-refractivity contribution in [2.45, 2.75) is 13.0 Å². The molecule has 2 amide bonds. The maximum atomic E-state index is 13.2. The zero-order valence-electron chi connectivity index (χ0n) is 16.5. The lowest BCUT2D eigenvalue weighted by atomic mass is 9.94. The minimum Gasteiger partial charge on any atom is -0.484 e.